The van der Waals surface area contributed by atoms with Gasteiger partial charge in [-0.2, -0.15) is 0 Å². The van der Waals surface area contributed by atoms with E-state index in [0.29, 0.717) is 12.1 Å². The van der Waals surface area contributed by atoms with E-state index in [1.807, 2.05) is 45.0 Å². The second kappa shape index (κ2) is 19.0. The monoisotopic (exact) mass is 803 g/mol. The number of aryl methyl sites for hydroxylation is 1. The van der Waals surface area contributed by atoms with Crippen molar-refractivity contribution in [3.05, 3.63) is 29.8 Å². The van der Waals surface area contributed by atoms with E-state index in [-0.39, 0.29) is 50.3 Å². The van der Waals surface area contributed by atoms with Gasteiger partial charge in [-0.05, 0) is 86.5 Å². The van der Waals surface area contributed by atoms with E-state index in [9.17, 15) is 29.1 Å². The molecule has 0 radical (unpaired) electrons. The average Bonchev–Trinajstić information content (AvgIpc) is 3.43. The van der Waals surface area contributed by atoms with Crippen molar-refractivity contribution in [1.29, 1.82) is 0 Å². The summed E-state index contributed by atoms with van der Waals surface area (Å²) in [5.74, 6) is -5.29. The van der Waals surface area contributed by atoms with E-state index >= 15 is 0 Å². The highest BCUT2D eigenvalue weighted by atomic mass is 16.7. The lowest BCUT2D eigenvalue weighted by atomic mass is 9.73. The summed E-state index contributed by atoms with van der Waals surface area (Å²) in [6.07, 6.45) is -4.87. The van der Waals surface area contributed by atoms with Crippen LogP contribution in [-0.2, 0) is 42.8 Å². The maximum absolute atomic E-state index is 14.6. The molecule has 3 saturated heterocycles. The van der Waals surface area contributed by atoms with Crippen LogP contribution in [0.5, 0.6) is 0 Å². The lowest BCUT2D eigenvalue weighted by molar-refractivity contribution is -0.295. The number of hydrogen-bond donors (Lipinski definition) is 2. The Labute approximate surface area is 337 Å². The Morgan fingerprint density at radius 3 is 2.26 bits per heavy atom. The zero-order valence-electron chi connectivity index (χ0n) is 35.7. The molecule has 3 heterocycles. The summed E-state index contributed by atoms with van der Waals surface area (Å²) in [5, 5.41) is 14.1. The average molecular weight is 804 g/mol. The molecule has 1 aromatic carbocycles. The Hall–Kier alpha value is -3.63. The predicted octanol–water partition coefficient (Wildman–Crippen LogP) is 5.14. The predicted molar refractivity (Wildman–Crippen MR) is 210 cm³/mol. The second-order valence-electron chi connectivity index (χ2n) is 16.9. The van der Waals surface area contributed by atoms with Gasteiger partial charge in [0.15, 0.2) is 17.7 Å². The van der Waals surface area contributed by atoms with Crippen molar-refractivity contribution in [2.45, 2.75) is 142 Å². The van der Waals surface area contributed by atoms with Gasteiger partial charge in [0, 0.05) is 43.1 Å². The third-order valence-corrected chi connectivity index (χ3v) is 12.2. The van der Waals surface area contributed by atoms with Gasteiger partial charge in [0.2, 0.25) is 0 Å². The molecule has 2 amide bonds. The largest absolute Gasteiger partial charge is 0.458 e. The number of aliphatic hydroxyl groups excluding tert-OH is 1. The quantitative estimate of drug-likeness (QED) is 0.138. The number of carbonyl (C=O) groups is 5. The second-order valence-corrected chi connectivity index (χ2v) is 16.9. The van der Waals surface area contributed by atoms with Crippen LogP contribution in [0.2, 0.25) is 0 Å². The molecule has 3 aliphatic rings. The fourth-order valence-corrected chi connectivity index (χ4v) is 8.90. The highest BCUT2D eigenvalue weighted by molar-refractivity contribution is 6.00. The van der Waals surface area contributed by atoms with Gasteiger partial charge in [-0.3, -0.25) is 19.7 Å². The molecule has 0 aromatic heterocycles. The van der Waals surface area contributed by atoms with E-state index < -0.39 is 89.5 Å². The van der Waals surface area contributed by atoms with E-state index in [0.717, 1.165) is 5.56 Å². The number of carbonyl (C=O) groups excluding carboxylic acids is 5. The lowest BCUT2D eigenvalue weighted by Crippen LogP contribution is -2.60. The topological polar surface area (TPSA) is 179 Å². The van der Waals surface area contributed by atoms with Crippen LogP contribution in [0.3, 0.4) is 0 Å². The van der Waals surface area contributed by atoms with Gasteiger partial charge in [0.25, 0.3) is 0 Å². The van der Waals surface area contributed by atoms with Crippen LogP contribution in [0.15, 0.2) is 24.3 Å². The summed E-state index contributed by atoms with van der Waals surface area (Å²) < 4.78 is 36.4. The molecule has 0 saturated carbocycles. The maximum atomic E-state index is 14.6. The Balaban J connectivity index is 1.65. The number of aliphatic hydroxyl groups is 1. The summed E-state index contributed by atoms with van der Waals surface area (Å²) in [5.41, 5.74) is -1.17. The van der Waals surface area contributed by atoms with Crippen LogP contribution in [0.4, 0.5) is 15.3 Å². The van der Waals surface area contributed by atoms with Crippen LogP contribution >= 0.6 is 0 Å². The molecule has 4 rings (SSSR count). The number of fused-ring (bicyclic) bond motifs is 1. The number of rotatable bonds is 10. The Kier molecular flexibility index (Phi) is 15.3. The van der Waals surface area contributed by atoms with E-state index in [2.05, 4.69) is 5.32 Å². The number of hydrogen-bond acceptors (Lipinski definition) is 13. The molecule has 1 aromatic rings. The summed E-state index contributed by atoms with van der Waals surface area (Å²) in [4.78, 5) is 72.4. The van der Waals surface area contributed by atoms with Gasteiger partial charge in [0.05, 0.1) is 30.5 Å². The molecule has 320 valence electrons. The van der Waals surface area contributed by atoms with Crippen molar-refractivity contribution in [3.63, 3.8) is 0 Å². The first-order chi connectivity index (χ1) is 26.7. The number of cyclic esters (lactones) is 1. The molecule has 3 fully saturated rings. The van der Waals surface area contributed by atoms with Crippen LogP contribution < -0.4 is 5.32 Å². The summed E-state index contributed by atoms with van der Waals surface area (Å²) >= 11 is 0. The van der Waals surface area contributed by atoms with Crippen molar-refractivity contribution in [2.24, 2.45) is 23.7 Å². The highest BCUT2D eigenvalue weighted by Gasteiger charge is 2.60. The van der Waals surface area contributed by atoms with Gasteiger partial charge < -0.3 is 43.3 Å². The third-order valence-electron chi connectivity index (χ3n) is 12.2. The van der Waals surface area contributed by atoms with Gasteiger partial charge >= 0.3 is 18.2 Å². The fourth-order valence-electron chi connectivity index (χ4n) is 8.90. The molecule has 57 heavy (non-hydrogen) atoms. The van der Waals surface area contributed by atoms with Crippen LogP contribution in [0.1, 0.15) is 86.6 Å². The van der Waals surface area contributed by atoms with Crippen molar-refractivity contribution >= 4 is 35.4 Å². The highest BCUT2D eigenvalue weighted by Crippen LogP contribution is 2.43. The van der Waals surface area contributed by atoms with Crippen LogP contribution in [0.25, 0.3) is 0 Å². The van der Waals surface area contributed by atoms with Gasteiger partial charge in [-0.15, -0.1) is 0 Å². The number of likely N-dealkylation sites (N-methyl/N-ethyl adjacent to an activating group) is 1. The van der Waals surface area contributed by atoms with Crippen LogP contribution in [-0.4, -0.2) is 133 Å². The van der Waals surface area contributed by atoms with Gasteiger partial charge in [0.1, 0.15) is 23.9 Å². The number of amides is 2. The van der Waals surface area contributed by atoms with Crippen LogP contribution in [0, 0.1) is 30.6 Å². The molecule has 15 nitrogen and oxygen atoms in total. The maximum Gasteiger partial charge on any atom is 0.411 e. The van der Waals surface area contributed by atoms with Crippen molar-refractivity contribution in [2.75, 3.05) is 39.7 Å². The first-order valence-electron chi connectivity index (χ1n) is 20.2. The number of methoxy groups -OCH3 is 1. The number of anilines is 1. The standard InChI is InChI=1S/C42H65N3O12/c1-13-31-42(9)35(45(40(51)57-42)19-14-20-53-39(50)43-29-17-15-23(2)16-18-29)26(5)32(46)24(3)22-41(8,52-12)36(27(6)33(47)28(7)37(49)55-31)56-38-34(48)30(44(10)11)21-25(4)54-38/h15-18,24-28,30-31,34-36,38,48H,13-14,19-22H2,1-12H3,(H,43,50)/t24-,25-,26+,27+,28-,30+,31-,34-,35-,36-,38+,41-,42-/m1/s1. The van der Waals surface area contributed by atoms with Crippen molar-refractivity contribution < 1.29 is 57.5 Å². The normalized spacial score (nSPS) is 36.9. The SMILES string of the molecule is CC[C@H]1OC(=O)[C@H](C)C(=O)[C@H](C)[C@@H](O[C@@H]2O[C@H](C)C[C@H](N(C)C)[C@H]2O)[C@](C)(OC)C[C@@H](C)C(=O)[C@H](C)[C@H]2N(CCCOC(=O)Nc3ccc(C)cc3)C(=O)O[C@]12C. The van der Waals surface area contributed by atoms with Gasteiger partial charge in [-0.25, -0.2) is 9.59 Å². The minimum absolute atomic E-state index is 0.0330. The smallest absolute Gasteiger partial charge is 0.411 e. The number of ketones is 2. The summed E-state index contributed by atoms with van der Waals surface area (Å²) in [6.45, 7) is 15.6. The number of benzene rings is 1. The molecule has 0 unspecified atom stereocenters. The minimum Gasteiger partial charge on any atom is -0.458 e. The molecular weight excluding hydrogens is 738 g/mol. The fraction of sp³-hybridized carbons (Fsp3) is 0.738. The van der Waals surface area contributed by atoms with E-state index in [4.69, 9.17) is 28.4 Å². The van der Waals surface area contributed by atoms with Crippen molar-refractivity contribution in [3.8, 4) is 0 Å². The molecular formula is C42H65N3O12. The molecule has 13 atom stereocenters. The number of nitrogens with one attached hydrogen (secondary N) is 1. The number of ether oxygens (including phenoxy) is 6. The van der Waals surface area contributed by atoms with Crippen molar-refractivity contribution in [1.82, 2.24) is 9.80 Å². The molecule has 2 N–H and O–H groups in total. The molecule has 3 aliphatic heterocycles. The summed E-state index contributed by atoms with van der Waals surface area (Å²) in [7, 11) is 5.18. The number of nitrogens with zero attached hydrogens (tertiary/aromatic N) is 2. The molecule has 0 spiro atoms. The Bertz CT molecular complexity index is 1590. The minimum atomic E-state index is -1.48. The Morgan fingerprint density at radius 2 is 1.67 bits per heavy atom. The first-order valence-corrected chi connectivity index (χ1v) is 20.2. The van der Waals surface area contributed by atoms with E-state index in [1.165, 1.54) is 18.9 Å². The first kappa shape index (κ1) is 46.1. The molecule has 0 bridgehead atoms. The molecule has 15 heteroatoms. The molecule has 0 aliphatic carbocycles. The lowest BCUT2D eigenvalue weighted by Gasteiger charge is -2.47. The number of esters is 1. The Morgan fingerprint density at radius 1 is 1.02 bits per heavy atom. The zero-order chi connectivity index (χ0) is 42.6. The summed E-state index contributed by atoms with van der Waals surface area (Å²) in [6, 6.07) is 6.05. The van der Waals surface area contributed by atoms with Gasteiger partial charge in [-0.1, -0.05) is 45.4 Å². The third kappa shape index (κ3) is 10.2. The van der Waals surface area contributed by atoms with E-state index in [1.54, 1.807) is 53.7 Å². The number of Topliss-reactive ketones (excluding diaryl/α,β-unsaturated/α-hetero) is 2. The zero-order valence-corrected chi connectivity index (χ0v) is 35.7.